The summed E-state index contributed by atoms with van der Waals surface area (Å²) >= 11 is 0. The third kappa shape index (κ3) is 1.35. The molecule has 2 atom stereocenters. The zero-order valence-electron chi connectivity index (χ0n) is 10.1. The first-order chi connectivity index (χ1) is 9.75. The van der Waals surface area contributed by atoms with Crippen molar-refractivity contribution in [2.75, 3.05) is 0 Å². The zero-order chi connectivity index (χ0) is 13.7. The van der Waals surface area contributed by atoms with E-state index >= 15 is 0 Å². The van der Waals surface area contributed by atoms with Gasteiger partial charge in [0.1, 0.15) is 11.5 Å². The lowest BCUT2D eigenvalue weighted by Crippen LogP contribution is -2.36. The van der Waals surface area contributed by atoms with Gasteiger partial charge in [0.05, 0.1) is 12.5 Å². The van der Waals surface area contributed by atoms with Gasteiger partial charge in [-0.05, 0) is 24.3 Å². The summed E-state index contributed by atoms with van der Waals surface area (Å²) in [5, 5.41) is 7.97. The lowest BCUT2D eigenvalue weighted by Gasteiger charge is -2.21. The van der Waals surface area contributed by atoms with Crippen LogP contribution in [0, 0.1) is 0 Å². The summed E-state index contributed by atoms with van der Waals surface area (Å²) in [6.07, 6.45) is 1.67. The van der Waals surface area contributed by atoms with E-state index in [1.165, 1.54) is 22.5 Å². The molecule has 0 aliphatic carbocycles. The molecule has 20 heavy (non-hydrogen) atoms. The number of urea groups is 2. The van der Waals surface area contributed by atoms with Crippen LogP contribution in [0.25, 0.3) is 0 Å². The monoisotopic (exact) mass is 274 g/mol. The van der Waals surface area contributed by atoms with E-state index in [0.29, 0.717) is 11.5 Å². The molecular formula is C12H10N4O4. The Morgan fingerprint density at radius 2 is 1.30 bits per heavy atom. The van der Waals surface area contributed by atoms with Crippen molar-refractivity contribution in [3.63, 3.8) is 0 Å². The van der Waals surface area contributed by atoms with Crippen molar-refractivity contribution < 1.29 is 18.4 Å². The summed E-state index contributed by atoms with van der Waals surface area (Å²) in [5.74, 6) is 0.965. The zero-order valence-corrected chi connectivity index (χ0v) is 10.1. The van der Waals surface area contributed by atoms with Crippen molar-refractivity contribution in [1.29, 1.82) is 0 Å². The number of nitrogens with zero attached hydrogens (tertiary/aromatic N) is 2. The van der Waals surface area contributed by atoms with Gasteiger partial charge in [0.15, 0.2) is 12.3 Å². The molecule has 102 valence electrons. The first kappa shape index (κ1) is 11.0. The molecule has 0 saturated carbocycles. The molecule has 0 unspecified atom stereocenters. The Labute approximate surface area is 112 Å². The number of carbonyl (C=O) groups excluding carboxylic acids is 2. The summed E-state index contributed by atoms with van der Waals surface area (Å²) in [7, 11) is 0. The average molecular weight is 274 g/mol. The van der Waals surface area contributed by atoms with Gasteiger partial charge in [-0.1, -0.05) is 0 Å². The molecule has 0 radical (unpaired) electrons. The Morgan fingerprint density at radius 3 is 1.65 bits per heavy atom. The first-order valence-corrected chi connectivity index (χ1v) is 6.02. The van der Waals surface area contributed by atoms with Gasteiger partial charge in [-0.25, -0.2) is 9.59 Å². The highest BCUT2D eigenvalue weighted by molar-refractivity contribution is 5.87. The van der Waals surface area contributed by atoms with E-state index in [0.717, 1.165) is 0 Å². The highest BCUT2D eigenvalue weighted by Gasteiger charge is 2.52. The van der Waals surface area contributed by atoms with Crippen LogP contribution < -0.4 is 10.6 Å². The maximum absolute atomic E-state index is 12.1. The predicted molar refractivity (Wildman–Crippen MR) is 63.6 cm³/mol. The minimum absolute atomic E-state index is 0.397. The van der Waals surface area contributed by atoms with Gasteiger partial charge in [0, 0.05) is 0 Å². The minimum atomic E-state index is -0.655. The molecule has 0 spiro atoms. The summed E-state index contributed by atoms with van der Waals surface area (Å²) in [4.78, 5) is 24.2. The first-order valence-electron chi connectivity index (χ1n) is 6.02. The van der Waals surface area contributed by atoms with Crippen LogP contribution in [0.3, 0.4) is 0 Å². The lowest BCUT2D eigenvalue weighted by molar-refractivity contribution is 0.0545. The van der Waals surface area contributed by atoms with Gasteiger partial charge in [-0.2, -0.15) is 10.0 Å². The molecule has 2 N–H and O–H groups in total. The Bertz CT molecular complexity index is 593. The molecule has 2 fully saturated rings. The number of rotatable bonds is 2. The van der Waals surface area contributed by atoms with Gasteiger partial charge < -0.3 is 19.5 Å². The van der Waals surface area contributed by atoms with Crippen LogP contribution in [-0.2, 0) is 0 Å². The number of furan rings is 2. The van der Waals surface area contributed by atoms with Crippen molar-refractivity contribution in [3.8, 4) is 0 Å². The van der Waals surface area contributed by atoms with Crippen molar-refractivity contribution in [1.82, 2.24) is 20.7 Å². The fourth-order valence-electron chi connectivity index (χ4n) is 2.44. The standard InChI is InChI=1S/C12H10N4O4/c17-11-13-9(7-3-1-5-19-7)15-12(18)14-10(16(11)15)8-4-2-6-20-8/h1-6,9-10H,(H,13,17)(H,14,18)/t9-,10-/m1/s1. The van der Waals surface area contributed by atoms with E-state index in [2.05, 4.69) is 10.6 Å². The quantitative estimate of drug-likeness (QED) is 0.868. The van der Waals surface area contributed by atoms with E-state index in [9.17, 15) is 9.59 Å². The number of carbonyl (C=O) groups is 2. The second kappa shape index (κ2) is 3.80. The average Bonchev–Trinajstić information content (AvgIpc) is 3.17. The van der Waals surface area contributed by atoms with Gasteiger partial charge in [0.2, 0.25) is 0 Å². The van der Waals surface area contributed by atoms with Gasteiger partial charge in [0.25, 0.3) is 0 Å². The van der Waals surface area contributed by atoms with E-state index in [1.807, 2.05) is 0 Å². The number of amides is 4. The summed E-state index contributed by atoms with van der Waals surface area (Å²) < 4.78 is 10.5. The molecule has 2 aromatic heterocycles. The van der Waals surface area contributed by atoms with Crippen LogP contribution in [0.5, 0.6) is 0 Å². The normalized spacial score (nSPS) is 24.8. The number of fused-ring (bicyclic) bond motifs is 1. The second-order valence-corrected chi connectivity index (χ2v) is 4.42. The number of hydrogen-bond acceptors (Lipinski definition) is 4. The van der Waals surface area contributed by atoms with Crippen LogP contribution in [0.4, 0.5) is 9.59 Å². The number of hydrazine groups is 1. The molecule has 0 aromatic carbocycles. The smallest absolute Gasteiger partial charge is 0.340 e. The molecule has 0 bridgehead atoms. The molecule has 4 amide bonds. The van der Waals surface area contributed by atoms with Crippen molar-refractivity contribution in [3.05, 3.63) is 48.3 Å². The molecule has 2 saturated heterocycles. The van der Waals surface area contributed by atoms with Gasteiger partial charge in [-0.3, -0.25) is 0 Å². The SMILES string of the molecule is O=C1N[C@@H](c2ccco2)N2C(=O)N[C@@H](c3ccco3)N12. The third-order valence-electron chi connectivity index (χ3n) is 3.28. The Hall–Kier alpha value is -2.90. The molecular weight excluding hydrogens is 264 g/mol. The number of hydrogen-bond donors (Lipinski definition) is 2. The highest BCUT2D eigenvalue weighted by Crippen LogP contribution is 2.36. The molecule has 4 rings (SSSR count). The lowest BCUT2D eigenvalue weighted by atomic mass is 10.3. The van der Waals surface area contributed by atoms with Crippen LogP contribution in [0.2, 0.25) is 0 Å². The Morgan fingerprint density at radius 1 is 0.850 bits per heavy atom. The summed E-state index contributed by atoms with van der Waals surface area (Å²) in [5.41, 5.74) is 0. The van der Waals surface area contributed by atoms with Crippen LogP contribution in [0.15, 0.2) is 45.6 Å². The fourth-order valence-corrected chi connectivity index (χ4v) is 2.44. The molecule has 8 nitrogen and oxygen atoms in total. The summed E-state index contributed by atoms with van der Waals surface area (Å²) in [6.45, 7) is 0. The van der Waals surface area contributed by atoms with E-state index < -0.39 is 24.4 Å². The summed E-state index contributed by atoms with van der Waals surface area (Å²) in [6, 6.07) is 5.99. The highest BCUT2D eigenvalue weighted by atomic mass is 16.3. The van der Waals surface area contributed by atoms with Crippen LogP contribution in [-0.4, -0.2) is 22.1 Å². The Balaban J connectivity index is 1.73. The largest absolute Gasteiger partial charge is 0.465 e. The maximum Gasteiger partial charge on any atom is 0.340 e. The fraction of sp³-hybridized carbons (Fsp3) is 0.167. The molecule has 2 aliphatic heterocycles. The van der Waals surface area contributed by atoms with Gasteiger partial charge in [-0.15, -0.1) is 0 Å². The van der Waals surface area contributed by atoms with Crippen molar-refractivity contribution in [2.45, 2.75) is 12.3 Å². The maximum atomic E-state index is 12.1. The third-order valence-corrected chi connectivity index (χ3v) is 3.28. The molecule has 4 heterocycles. The van der Waals surface area contributed by atoms with Crippen LogP contribution >= 0.6 is 0 Å². The minimum Gasteiger partial charge on any atom is -0.465 e. The van der Waals surface area contributed by atoms with E-state index in [1.54, 1.807) is 24.3 Å². The Kier molecular flexibility index (Phi) is 2.08. The molecule has 2 aromatic rings. The predicted octanol–water partition coefficient (Wildman–Crippen LogP) is 1.54. The van der Waals surface area contributed by atoms with Crippen molar-refractivity contribution >= 4 is 12.1 Å². The van der Waals surface area contributed by atoms with E-state index in [4.69, 9.17) is 8.83 Å². The molecule has 8 heteroatoms. The van der Waals surface area contributed by atoms with E-state index in [-0.39, 0.29) is 0 Å². The van der Waals surface area contributed by atoms with Crippen molar-refractivity contribution in [2.24, 2.45) is 0 Å². The second-order valence-electron chi connectivity index (χ2n) is 4.42. The van der Waals surface area contributed by atoms with Gasteiger partial charge >= 0.3 is 12.1 Å². The number of nitrogens with one attached hydrogen (secondary N) is 2. The topological polar surface area (TPSA) is 91.0 Å². The van der Waals surface area contributed by atoms with Crippen LogP contribution in [0.1, 0.15) is 23.9 Å². The molecule has 2 aliphatic rings.